The van der Waals surface area contributed by atoms with E-state index in [1.807, 2.05) is 19.2 Å². The molecule has 1 N–H and O–H groups in total. The van der Waals surface area contributed by atoms with Gasteiger partial charge in [-0.15, -0.1) is 0 Å². The molecule has 0 aromatic heterocycles. The Balaban J connectivity index is 2.16. The zero-order valence-corrected chi connectivity index (χ0v) is 13.1. The second kappa shape index (κ2) is 7.05. The molecule has 0 bridgehead atoms. The Kier molecular flexibility index (Phi) is 5.37. The first-order valence-electron chi connectivity index (χ1n) is 7.59. The second-order valence-corrected chi connectivity index (χ2v) is 5.92. The van der Waals surface area contributed by atoms with Gasteiger partial charge in [-0.2, -0.15) is 0 Å². The molecule has 1 aliphatic rings. The smallest absolute Gasteiger partial charge is 0.159 e. The first-order chi connectivity index (χ1) is 10.0. The lowest BCUT2D eigenvalue weighted by molar-refractivity contribution is 0.0285. The van der Waals surface area contributed by atoms with Crippen LogP contribution in [-0.2, 0) is 6.54 Å². The van der Waals surface area contributed by atoms with Gasteiger partial charge in [0.15, 0.2) is 5.78 Å². The molecular formula is C17H25NO3. The van der Waals surface area contributed by atoms with Gasteiger partial charge in [0.1, 0.15) is 5.75 Å². The third-order valence-corrected chi connectivity index (χ3v) is 4.37. The van der Waals surface area contributed by atoms with Crippen LogP contribution < -0.4 is 4.74 Å². The summed E-state index contributed by atoms with van der Waals surface area (Å²) in [5.74, 6) is 0.844. The molecule has 1 fully saturated rings. The van der Waals surface area contributed by atoms with Crippen LogP contribution in [0.1, 0.15) is 48.5 Å². The monoisotopic (exact) mass is 291 g/mol. The minimum atomic E-state index is -0.259. The zero-order valence-electron chi connectivity index (χ0n) is 13.1. The lowest BCUT2D eigenvalue weighted by Gasteiger charge is -2.35. The molecule has 2 unspecified atom stereocenters. The number of hydrogen-bond donors (Lipinski definition) is 1. The normalized spacial score (nSPS) is 22.3. The molecule has 2 atom stereocenters. The van der Waals surface area contributed by atoms with Crippen LogP contribution in [0.25, 0.3) is 0 Å². The average molecular weight is 291 g/mol. The van der Waals surface area contributed by atoms with Crippen molar-refractivity contribution >= 4 is 5.78 Å². The highest BCUT2D eigenvalue weighted by atomic mass is 16.5. The number of carbonyl (C=O) groups excluding carboxylic acids is 1. The Bertz CT molecular complexity index is 501. The van der Waals surface area contributed by atoms with E-state index in [1.165, 1.54) is 0 Å². The molecule has 0 spiro atoms. The lowest BCUT2D eigenvalue weighted by atomic mass is 9.91. The fraction of sp³-hybridized carbons (Fsp3) is 0.588. The number of ketones is 1. The molecule has 1 aliphatic carbocycles. The number of rotatable bonds is 5. The van der Waals surface area contributed by atoms with Crippen molar-refractivity contribution < 1.29 is 14.6 Å². The van der Waals surface area contributed by atoms with Gasteiger partial charge >= 0.3 is 0 Å². The third-order valence-electron chi connectivity index (χ3n) is 4.37. The van der Waals surface area contributed by atoms with Crippen LogP contribution in [0.3, 0.4) is 0 Å². The van der Waals surface area contributed by atoms with Gasteiger partial charge in [0, 0.05) is 23.7 Å². The number of likely N-dealkylation sites (N-methyl/N-ethyl adjacent to an activating group) is 1. The SMILES string of the molecule is COc1ccc(C(C)=O)cc1CN(C)C1CCCCC1O. The topological polar surface area (TPSA) is 49.8 Å². The summed E-state index contributed by atoms with van der Waals surface area (Å²) in [7, 11) is 3.67. The number of hydrogen-bond acceptors (Lipinski definition) is 4. The maximum Gasteiger partial charge on any atom is 0.159 e. The second-order valence-electron chi connectivity index (χ2n) is 5.92. The molecular weight excluding hydrogens is 266 g/mol. The first kappa shape index (κ1) is 16.0. The standard InChI is InChI=1S/C17H25NO3/c1-12(19)13-8-9-17(21-3)14(10-13)11-18(2)15-6-4-5-7-16(15)20/h8-10,15-16,20H,4-7,11H2,1-3H3. The van der Waals surface area contributed by atoms with Crippen molar-refractivity contribution in [3.05, 3.63) is 29.3 Å². The van der Waals surface area contributed by atoms with Crippen molar-refractivity contribution in [3.63, 3.8) is 0 Å². The van der Waals surface area contributed by atoms with Crippen LogP contribution in [0, 0.1) is 0 Å². The van der Waals surface area contributed by atoms with Crippen LogP contribution >= 0.6 is 0 Å². The highest BCUT2D eigenvalue weighted by Gasteiger charge is 2.27. The number of ether oxygens (including phenoxy) is 1. The van der Waals surface area contributed by atoms with E-state index in [0.717, 1.165) is 37.0 Å². The summed E-state index contributed by atoms with van der Waals surface area (Å²) in [5, 5.41) is 10.2. The summed E-state index contributed by atoms with van der Waals surface area (Å²) in [6.45, 7) is 2.24. The largest absolute Gasteiger partial charge is 0.496 e. The fourth-order valence-corrected chi connectivity index (χ4v) is 3.11. The van der Waals surface area contributed by atoms with E-state index in [2.05, 4.69) is 4.90 Å². The van der Waals surface area contributed by atoms with E-state index in [0.29, 0.717) is 12.1 Å². The number of aliphatic hydroxyl groups is 1. The number of Topliss-reactive ketones (excluding diaryl/α,β-unsaturated/α-hetero) is 1. The van der Waals surface area contributed by atoms with Gasteiger partial charge in [-0.1, -0.05) is 12.8 Å². The van der Waals surface area contributed by atoms with Crippen LogP contribution in [0.4, 0.5) is 0 Å². The molecule has 2 rings (SSSR count). The van der Waals surface area contributed by atoms with E-state index in [1.54, 1.807) is 20.1 Å². The Morgan fingerprint density at radius 1 is 1.38 bits per heavy atom. The van der Waals surface area contributed by atoms with Crippen LogP contribution in [0.2, 0.25) is 0 Å². The minimum Gasteiger partial charge on any atom is -0.496 e. The number of carbonyl (C=O) groups is 1. The molecule has 1 aromatic carbocycles. The van der Waals surface area contributed by atoms with Gasteiger partial charge in [0.2, 0.25) is 0 Å². The fourth-order valence-electron chi connectivity index (χ4n) is 3.11. The van der Waals surface area contributed by atoms with Crippen LogP contribution in [0.5, 0.6) is 5.75 Å². The molecule has 4 heteroatoms. The summed E-state index contributed by atoms with van der Waals surface area (Å²) < 4.78 is 5.39. The summed E-state index contributed by atoms with van der Waals surface area (Å²) in [5.41, 5.74) is 1.69. The highest BCUT2D eigenvalue weighted by Crippen LogP contribution is 2.27. The Morgan fingerprint density at radius 2 is 2.10 bits per heavy atom. The van der Waals surface area contributed by atoms with Crippen molar-refractivity contribution in [2.45, 2.75) is 51.3 Å². The lowest BCUT2D eigenvalue weighted by Crippen LogP contribution is -2.42. The van der Waals surface area contributed by atoms with Crippen molar-refractivity contribution in [2.24, 2.45) is 0 Å². The number of benzene rings is 1. The van der Waals surface area contributed by atoms with Gasteiger partial charge in [-0.3, -0.25) is 9.69 Å². The Morgan fingerprint density at radius 3 is 2.71 bits per heavy atom. The van der Waals surface area contributed by atoms with Gasteiger partial charge in [-0.05, 0) is 45.0 Å². The predicted molar refractivity (Wildman–Crippen MR) is 82.7 cm³/mol. The summed E-state index contributed by atoms with van der Waals surface area (Å²) in [6, 6.07) is 5.72. The molecule has 1 aromatic rings. The van der Waals surface area contributed by atoms with Gasteiger partial charge < -0.3 is 9.84 Å². The Labute approximate surface area is 126 Å². The highest BCUT2D eigenvalue weighted by molar-refractivity contribution is 5.94. The number of methoxy groups -OCH3 is 1. The van der Waals surface area contributed by atoms with Gasteiger partial charge in [-0.25, -0.2) is 0 Å². The molecule has 0 radical (unpaired) electrons. The number of aliphatic hydroxyl groups excluding tert-OH is 1. The average Bonchev–Trinajstić information content (AvgIpc) is 2.47. The zero-order chi connectivity index (χ0) is 15.4. The molecule has 0 amide bonds. The van der Waals surface area contributed by atoms with Gasteiger partial charge in [0.25, 0.3) is 0 Å². The molecule has 1 saturated carbocycles. The predicted octanol–water partition coefficient (Wildman–Crippen LogP) is 2.63. The summed E-state index contributed by atoms with van der Waals surface area (Å²) in [6.07, 6.45) is 3.91. The van der Waals surface area contributed by atoms with E-state index < -0.39 is 0 Å². The van der Waals surface area contributed by atoms with Crippen LogP contribution in [0.15, 0.2) is 18.2 Å². The molecule has 0 heterocycles. The van der Waals surface area contributed by atoms with Crippen molar-refractivity contribution in [1.82, 2.24) is 4.90 Å². The van der Waals surface area contributed by atoms with Crippen LogP contribution in [-0.4, -0.2) is 42.1 Å². The van der Waals surface area contributed by atoms with E-state index in [9.17, 15) is 9.90 Å². The molecule has 4 nitrogen and oxygen atoms in total. The van der Waals surface area contributed by atoms with E-state index >= 15 is 0 Å². The van der Waals surface area contributed by atoms with Crippen molar-refractivity contribution in [1.29, 1.82) is 0 Å². The number of nitrogens with zero attached hydrogens (tertiary/aromatic N) is 1. The first-order valence-corrected chi connectivity index (χ1v) is 7.59. The van der Waals surface area contributed by atoms with Gasteiger partial charge in [0.05, 0.1) is 13.2 Å². The maximum absolute atomic E-state index is 11.5. The van der Waals surface area contributed by atoms with E-state index in [4.69, 9.17) is 4.74 Å². The minimum absolute atomic E-state index is 0.0549. The third kappa shape index (κ3) is 3.83. The molecule has 0 aliphatic heterocycles. The van der Waals surface area contributed by atoms with Crippen molar-refractivity contribution in [3.8, 4) is 5.75 Å². The maximum atomic E-state index is 11.5. The summed E-state index contributed by atoms with van der Waals surface area (Å²) >= 11 is 0. The van der Waals surface area contributed by atoms with E-state index in [-0.39, 0.29) is 17.9 Å². The molecule has 0 saturated heterocycles. The quantitative estimate of drug-likeness (QED) is 0.847. The Hall–Kier alpha value is -1.39. The van der Waals surface area contributed by atoms with Crippen molar-refractivity contribution in [2.75, 3.05) is 14.2 Å². The molecule has 21 heavy (non-hydrogen) atoms. The summed E-state index contributed by atoms with van der Waals surface area (Å²) in [4.78, 5) is 13.7. The molecule has 116 valence electrons.